The summed E-state index contributed by atoms with van der Waals surface area (Å²) in [7, 11) is 0. The van der Waals surface area contributed by atoms with Gasteiger partial charge < -0.3 is 0 Å². The van der Waals surface area contributed by atoms with Crippen molar-refractivity contribution in [3.05, 3.63) is 0 Å². The van der Waals surface area contributed by atoms with Gasteiger partial charge in [0.2, 0.25) is 11.8 Å². The Hall–Kier alpha value is -1.00. The summed E-state index contributed by atoms with van der Waals surface area (Å²) >= 11 is 0. The Morgan fingerprint density at radius 2 is 1.45 bits per heavy atom. The van der Waals surface area contributed by atoms with Crippen LogP contribution in [0, 0.1) is 11.8 Å². The van der Waals surface area contributed by atoms with Crippen molar-refractivity contribution in [1.82, 2.24) is 5.32 Å². The molecule has 1 fully saturated rings. The molecule has 0 radical (unpaired) electrons. The second-order valence-corrected chi connectivity index (χ2v) is 2.38. The molecule has 0 aromatic rings. The van der Waals surface area contributed by atoms with Crippen LogP contribution in [0.25, 0.3) is 0 Å². The molecule has 11 heavy (non-hydrogen) atoms. The Balaban J connectivity index is 2.74. The first-order valence-electron chi connectivity index (χ1n) is 3.17. The first-order valence-corrected chi connectivity index (χ1v) is 3.17. The van der Waals surface area contributed by atoms with Gasteiger partial charge in [-0.25, -0.2) is 0 Å². The summed E-state index contributed by atoms with van der Waals surface area (Å²) in [6.07, 6.45) is 0. The number of halogens is 2. The van der Waals surface area contributed by atoms with E-state index in [0.717, 1.165) is 0 Å². The van der Waals surface area contributed by atoms with Crippen LogP contribution in [0.2, 0.25) is 0 Å². The lowest BCUT2D eigenvalue weighted by Gasteiger charge is -2.05. The number of rotatable bonds is 2. The molecule has 1 aliphatic heterocycles. The van der Waals surface area contributed by atoms with Crippen LogP contribution in [0.4, 0.5) is 8.78 Å². The van der Waals surface area contributed by atoms with E-state index in [-0.39, 0.29) is 0 Å². The number of carbonyl (C=O) groups excluding carboxylic acids is 2. The van der Waals surface area contributed by atoms with E-state index in [2.05, 4.69) is 0 Å². The van der Waals surface area contributed by atoms with Crippen molar-refractivity contribution in [2.45, 2.75) is 0 Å². The van der Waals surface area contributed by atoms with Crippen molar-refractivity contribution < 1.29 is 18.4 Å². The first kappa shape index (κ1) is 8.10. The summed E-state index contributed by atoms with van der Waals surface area (Å²) in [5.74, 6) is -3.65. The highest BCUT2D eigenvalue weighted by atomic mass is 19.1. The van der Waals surface area contributed by atoms with Crippen LogP contribution in [0.1, 0.15) is 0 Å². The van der Waals surface area contributed by atoms with Gasteiger partial charge in [-0.2, -0.15) is 0 Å². The Bertz CT molecular complexity index is 175. The van der Waals surface area contributed by atoms with Gasteiger partial charge in [-0.1, -0.05) is 0 Å². The molecule has 0 bridgehead atoms. The molecule has 1 saturated heterocycles. The van der Waals surface area contributed by atoms with Crippen LogP contribution < -0.4 is 5.32 Å². The second-order valence-electron chi connectivity index (χ2n) is 2.38. The lowest BCUT2D eigenvalue weighted by Crippen LogP contribution is -2.22. The summed E-state index contributed by atoms with van der Waals surface area (Å²) < 4.78 is 24.0. The van der Waals surface area contributed by atoms with Crippen LogP contribution in [0.15, 0.2) is 0 Å². The number of nitrogens with one attached hydrogen (secondary N) is 1. The quantitative estimate of drug-likeness (QED) is 0.574. The largest absolute Gasteiger partial charge is 0.296 e. The molecule has 0 aromatic heterocycles. The van der Waals surface area contributed by atoms with Crippen LogP contribution in [0.3, 0.4) is 0 Å². The van der Waals surface area contributed by atoms with Crippen LogP contribution in [-0.2, 0) is 9.59 Å². The number of hydrogen-bond donors (Lipinski definition) is 1. The molecular formula is C6H7F2NO2. The third kappa shape index (κ3) is 1.22. The monoisotopic (exact) mass is 163 g/mol. The van der Waals surface area contributed by atoms with Crippen LogP contribution >= 0.6 is 0 Å². The van der Waals surface area contributed by atoms with E-state index in [1.807, 2.05) is 5.32 Å². The number of hydrogen-bond acceptors (Lipinski definition) is 2. The predicted octanol–water partition coefficient (Wildman–Crippen LogP) is -0.186. The highest BCUT2D eigenvalue weighted by Gasteiger charge is 2.41. The molecule has 5 heteroatoms. The van der Waals surface area contributed by atoms with E-state index in [9.17, 15) is 18.4 Å². The van der Waals surface area contributed by atoms with Gasteiger partial charge >= 0.3 is 0 Å². The maximum Gasteiger partial charge on any atom is 0.233 e. The lowest BCUT2D eigenvalue weighted by atomic mass is 9.98. The zero-order valence-electron chi connectivity index (χ0n) is 5.64. The zero-order chi connectivity index (χ0) is 8.43. The van der Waals surface area contributed by atoms with Gasteiger partial charge in [-0.05, 0) is 0 Å². The lowest BCUT2D eigenvalue weighted by molar-refractivity contribution is -0.126. The van der Waals surface area contributed by atoms with Crippen LogP contribution in [-0.4, -0.2) is 25.2 Å². The van der Waals surface area contributed by atoms with Crippen molar-refractivity contribution in [1.29, 1.82) is 0 Å². The minimum absolute atomic E-state index is 0.708. The molecule has 0 saturated carbocycles. The standard InChI is InChI=1S/C6H7F2NO2/c7-1-3-4(2-8)6(11)9-5(3)10/h3-4H,1-2H2,(H,9,10,11). The third-order valence-corrected chi connectivity index (χ3v) is 1.74. The molecule has 0 spiro atoms. The van der Waals surface area contributed by atoms with Gasteiger partial charge in [-0.3, -0.25) is 23.7 Å². The molecule has 2 atom stereocenters. The summed E-state index contributed by atoms with van der Waals surface area (Å²) in [6, 6.07) is 0. The molecule has 2 amide bonds. The fourth-order valence-corrected chi connectivity index (χ4v) is 1.03. The van der Waals surface area contributed by atoms with Crippen molar-refractivity contribution in [3.8, 4) is 0 Å². The van der Waals surface area contributed by atoms with E-state index in [0.29, 0.717) is 0 Å². The maximum atomic E-state index is 12.0. The Morgan fingerprint density at radius 1 is 1.09 bits per heavy atom. The molecular weight excluding hydrogens is 156 g/mol. The molecule has 1 rings (SSSR count). The topological polar surface area (TPSA) is 46.2 Å². The smallest absolute Gasteiger partial charge is 0.233 e. The first-order chi connectivity index (χ1) is 5.20. The molecule has 1 heterocycles. The average Bonchev–Trinajstić information content (AvgIpc) is 2.24. The van der Waals surface area contributed by atoms with Crippen molar-refractivity contribution in [3.63, 3.8) is 0 Å². The van der Waals surface area contributed by atoms with E-state index in [1.54, 1.807) is 0 Å². The number of imide groups is 1. The van der Waals surface area contributed by atoms with Gasteiger partial charge in [0.25, 0.3) is 0 Å². The normalized spacial score (nSPS) is 30.7. The van der Waals surface area contributed by atoms with Crippen molar-refractivity contribution >= 4 is 11.8 Å². The van der Waals surface area contributed by atoms with Gasteiger partial charge in [0.05, 0.1) is 11.8 Å². The Kier molecular flexibility index (Phi) is 2.16. The summed E-state index contributed by atoms with van der Waals surface area (Å²) in [4.78, 5) is 21.3. The fraction of sp³-hybridized carbons (Fsp3) is 0.667. The van der Waals surface area contributed by atoms with E-state index < -0.39 is 37.0 Å². The molecule has 2 unspecified atom stereocenters. The van der Waals surface area contributed by atoms with Gasteiger partial charge in [-0.15, -0.1) is 0 Å². The van der Waals surface area contributed by atoms with Crippen LogP contribution in [0.5, 0.6) is 0 Å². The van der Waals surface area contributed by atoms with Gasteiger partial charge in [0.15, 0.2) is 0 Å². The SMILES string of the molecule is O=C1NC(=O)C(CF)C1CF. The number of alkyl halides is 2. The van der Waals surface area contributed by atoms with Gasteiger partial charge in [0, 0.05) is 0 Å². The van der Waals surface area contributed by atoms with E-state index in [1.165, 1.54) is 0 Å². The summed E-state index contributed by atoms with van der Waals surface area (Å²) in [6.45, 7) is -1.96. The minimum atomic E-state index is -1.12. The highest BCUT2D eigenvalue weighted by Crippen LogP contribution is 2.19. The summed E-state index contributed by atoms with van der Waals surface area (Å²) in [5, 5.41) is 1.86. The second kappa shape index (κ2) is 2.94. The third-order valence-electron chi connectivity index (χ3n) is 1.74. The highest BCUT2D eigenvalue weighted by molar-refractivity contribution is 6.05. The molecule has 0 aromatic carbocycles. The van der Waals surface area contributed by atoms with E-state index in [4.69, 9.17) is 0 Å². The Labute approximate surface area is 61.8 Å². The molecule has 3 nitrogen and oxygen atoms in total. The summed E-state index contributed by atoms with van der Waals surface area (Å²) in [5.41, 5.74) is 0. The Morgan fingerprint density at radius 3 is 1.73 bits per heavy atom. The fourth-order valence-electron chi connectivity index (χ4n) is 1.03. The van der Waals surface area contributed by atoms with E-state index >= 15 is 0 Å². The molecule has 1 aliphatic rings. The van der Waals surface area contributed by atoms with Crippen molar-refractivity contribution in [2.75, 3.05) is 13.3 Å². The minimum Gasteiger partial charge on any atom is -0.296 e. The number of amides is 2. The van der Waals surface area contributed by atoms with Crippen molar-refractivity contribution in [2.24, 2.45) is 11.8 Å². The number of carbonyl (C=O) groups is 2. The molecule has 0 aliphatic carbocycles. The zero-order valence-corrected chi connectivity index (χ0v) is 5.64. The maximum absolute atomic E-state index is 12.0. The average molecular weight is 163 g/mol. The molecule has 62 valence electrons. The molecule has 1 N–H and O–H groups in total. The van der Waals surface area contributed by atoms with Gasteiger partial charge in [0.1, 0.15) is 13.3 Å². The predicted molar refractivity (Wildman–Crippen MR) is 32.1 cm³/mol.